The molecule has 0 aliphatic carbocycles. The van der Waals surface area contributed by atoms with Gasteiger partial charge in [-0.25, -0.2) is 0 Å². The molecule has 1 saturated heterocycles. The fourth-order valence-corrected chi connectivity index (χ4v) is 1.74. The highest BCUT2D eigenvalue weighted by molar-refractivity contribution is 5.49. The number of morpholine rings is 1. The van der Waals surface area contributed by atoms with Gasteiger partial charge in [0.05, 0.1) is 19.8 Å². The van der Waals surface area contributed by atoms with Gasteiger partial charge in [-0.1, -0.05) is 0 Å². The van der Waals surface area contributed by atoms with Crippen LogP contribution in [0.2, 0.25) is 0 Å². The molecule has 1 fully saturated rings. The lowest BCUT2D eigenvalue weighted by molar-refractivity contribution is 0.122. The SMILES string of the molecule is OCCOc1ccc(N2CCOCC2)cc1. The van der Waals surface area contributed by atoms with Crippen molar-refractivity contribution in [1.29, 1.82) is 0 Å². The van der Waals surface area contributed by atoms with Crippen LogP contribution in [0, 0.1) is 0 Å². The van der Waals surface area contributed by atoms with E-state index in [1.165, 1.54) is 5.69 Å². The smallest absolute Gasteiger partial charge is 0.119 e. The van der Waals surface area contributed by atoms with Gasteiger partial charge in [-0.15, -0.1) is 0 Å². The van der Waals surface area contributed by atoms with Crippen LogP contribution in [-0.2, 0) is 4.74 Å². The van der Waals surface area contributed by atoms with Crippen molar-refractivity contribution < 1.29 is 14.6 Å². The van der Waals surface area contributed by atoms with Gasteiger partial charge in [-0.2, -0.15) is 0 Å². The van der Waals surface area contributed by atoms with Gasteiger partial charge in [0.25, 0.3) is 0 Å². The summed E-state index contributed by atoms with van der Waals surface area (Å²) < 4.78 is 10.6. The molecule has 0 radical (unpaired) electrons. The lowest BCUT2D eigenvalue weighted by Gasteiger charge is -2.28. The Morgan fingerprint density at radius 2 is 1.88 bits per heavy atom. The maximum absolute atomic E-state index is 8.64. The van der Waals surface area contributed by atoms with Crippen molar-refractivity contribution in [1.82, 2.24) is 0 Å². The molecule has 16 heavy (non-hydrogen) atoms. The quantitative estimate of drug-likeness (QED) is 0.823. The molecule has 88 valence electrons. The lowest BCUT2D eigenvalue weighted by Crippen LogP contribution is -2.36. The standard InChI is InChI=1S/C12H17NO3/c14-7-10-16-12-3-1-11(2-4-12)13-5-8-15-9-6-13/h1-4,14H,5-10H2. The monoisotopic (exact) mass is 223 g/mol. The molecule has 2 rings (SSSR count). The van der Waals surface area contributed by atoms with Crippen LogP contribution in [0.15, 0.2) is 24.3 Å². The molecule has 1 N–H and O–H groups in total. The van der Waals surface area contributed by atoms with Gasteiger partial charge in [0.15, 0.2) is 0 Å². The average molecular weight is 223 g/mol. The Labute approximate surface area is 95.4 Å². The van der Waals surface area contributed by atoms with Crippen molar-refractivity contribution in [3.05, 3.63) is 24.3 Å². The van der Waals surface area contributed by atoms with Crippen LogP contribution in [0.4, 0.5) is 5.69 Å². The number of nitrogens with zero attached hydrogens (tertiary/aromatic N) is 1. The zero-order valence-corrected chi connectivity index (χ0v) is 9.26. The van der Waals surface area contributed by atoms with Gasteiger partial charge >= 0.3 is 0 Å². The highest BCUT2D eigenvalue weighted by Crippen LogP contribution is 2.20. The summed E-state index contributed by atoms with van der Waals surface area (Å²) in [5.74, 6) is 0.797. The summed E-state index contributed by atoms with van der Waals surface area (Å²) in [6, 6.07) is 7.94. The third-order valence-corrected chi connectivity index (χ3v) is 2.57. The molecule has 4 heteroatoms. The van der Waals surface area contributed by atoms with Crippen LogP contribution in [0.25, 0.3) is 0 Å². The summed E-state index contributed by atoms with van der Waals surface area (Å²) in [6.07, 6.45) is 0. The summed E-state index contributed by atoms with van der Waals surface area (Å²) in [5.41, 5.74) is 1.19. The molecule has 0 aromatic heterocycles. The van der Waals surface area contributed by atoms with Crippen molar-refractivity contribution in [2.45, 2.75) is 0 Å². The van der Waals surface area contributed by atoms with E-state index in [4.69, 9.17) is 14.6 Å². The molecule has 1 aliphatic heterocycles. The minimum atomic E-state index is 0.0468. The Kier molecular flexibility index (Phi) is 4.02. The van der Waals surface area contributed by atoms with E-state index in [0.29, 0.717) is 6.61 Å². The van der Waals surface area contributed by atoms with Crippen molar-refractivity contribution in [2.75, 3.05) is 44.4 Å². The molecule has 1 aromatic carbocycles. The topological polar surface area (TPSA) is 41.9 Å². The van der Waals surface area contributed by atoms with E-state index < -0.39 is 0 Å². The summed E-state index contributed by atoms with van der Waals surface area (Å²) in [7, 11) is 0. The van der Waals surface area contributed by atoms with Gasteiger partial charge in [0, 0.05) is 18.8 Å². The second-order valence-corrected chi connectivity index (χ2v) is 3.67. The van der Waals surface area contributed by atoms with Crippen LogP contribution in [-0.4, -0.2) is 44.6 Å². The largest absolute Gasteiger partial charge is 0.491 e. The van der Waals surface area contributed by atoms with Crippen LogP contribution >= 0.6 is 0 Å². The van der Waals surface area contributed by atoms with Crippen molar-refractivity contribution in [3.63, 3.8) is 0 Å². The third-order valence-electron chi connectivity index (χ3n) is 2.57. The molecule has 0 atom stereocenters. The predicted octanol–water partition coefficient (Wildman–Crippen LogP) is 0.894. The van der Waals surface area contributed by atoms with Crippen molar-refractivity contribution >= 4 is 5.69 Å². The highest BCUT2D eigenvalue weighted by Gasteiger charge is 2.10. The molecular weight excluding hydrogens is 206 g/mol. The van der Waals surface area contributed by atoms with Crippen LogP contribution in [0.1, 0.15) is 0 Å². The maximum Gasteiger partial charge on any atom is 0.119 e. The van der Waals surface area contributed by atoms with Crippen LogP contribution < -0.4 is 9.64 Å². The maximum atomic E-state index is 8.64. The molecule has 1 aliphatic rings. The Morgan fingerprint density at radius 1 is 1.19 bits per heavy atom. The lowest BCUT2D eigenvalue weighted by atomic mass is 10.2. The molecule has 0 amide bonds. The van der Waals surface area contributed by atoms with Gasteiger partial charge in [0.2, 0.25) is 0 Å². The zero-order valence-electron chi connectivity index (χ0n) is 9.26. The Balaban J connectivity index is 1.95. The number of aliphatic hydroxyl groups excluding tert-OH is 1. The first-order valence-electron chi connectivity index (χ1n) is 5.56. The fraction of sp³-hybridized carbons (Fsp3) is 0.500. The number of benzene rings is 1. The van der Waals surface area contributed by atoms with Crippen molar-refractivity contribution in [3.8, 4) is 5.75 Å². The second-order valence-electron chi connectivity index (χ2n) is 3.67. The first-order valence-corrected chi connectivity index (χ1v) is 5.56. The number of rotatable bonds is 4. The molecule has 0 saturated carbocycles. The number of ether oxygens (including phenoxy) is 2. The molecule has 4 nitrogen and oxygen atoms in total. The molecule has 0 spiro atoms. The molecular formula is C12H17NO3. The summed E-state index contributed by atoms with van der Waals surface area (Å²) in [6.45, 7) is 3.86. The Morgan fingerprint density at radius 3 is 2.50 bits per heavy atom. The van der Waals surface area contributed by atoms with Crippen LogP contribution in [0.3, 0.4) is 0 Å². The van der Waals surface area contributed by atoms with E-state index in [1.807, 2.05) is 24.3 Å². The first-order chi connectivity index (χ1) is 7.90. The summed E-state index contributed by atoms with van der Waals surface area (Å²) in [5, 5.41) is 8.64. The van der Waals surface area contributed by atoms with E-state index in [0.717, 1.165) is 32.1 Å². The van der Waals surface area contributed by atoms with Gasteiger partial charge in [-0.3, -0.25) is 0 Å². The van der Waals surface area contributed by atoms with E-state index >= 15 is 0 Å². The van der Waals surface area contributed by atoms with Gasteiger partial charge in [-0.05, 0) is 24.3 Å². The molecule has 1 aromatic rings. The van der Waals surface area contributed by atoms with Gasteiger partial charge in [0.1, 0.15) is 12.4 Å². The third kappa shape index (κ3) is 2.87. The second kappa shape index (κ2) is 5.72. The van der Waals surface area contributed by atoms with E-state index in [2.05, 4.69) is 4.90 Å². The van der Waals surface area contributed by atoms with Crippen LogP contribution in [0.5, 0.6) is 5.75 Å². The van der Waals surface area contributed by atoms with E-state index in [9.17, 15) is 0 Å². The Bertz CT molecular complexity index is 307. The highest BCUT2D eigenvalue weighted by atomic mass is 16.5. The number of hydrogen-bond donors (Lipinski definition) is 1. The summed E-state index contributed by atoms with van der Waals surface area (Å²) in [4.78, 5) is 2.29. The summed E-state index contributed by atoms with van der Waals surface area (Å²) >= 11 is 0. The van der Waals surface area contributed by atoms with Crippen molar-refractivity contribution in [2.24, 2.45) is 0 Å². The van der Waals surface area contributed by atoms with Gasteiger partial charge < -0.3 is 19.5 Å². The predicted molar refractivity (Wildman–Crippen MR) is 62.1 cm³/mol. The fourth-order valence-electron chi connectivity index (χ4n) is 1.74. The Hall–Kier alpha value is -1.26. The number of aliphatic hydroxyl groups is 1. The molecule has 1 heterocycles. The normalized spacial score (nSPS) is 16.2. The van der Waals surface area contributed by atoms with E-state index in [1.54, 1.807) is 0 Å². The molecule has 0 unspecified atom stereocenters. The molecule has 0 bridgehead atoms. The average Bonchev–Trinajstić information content (AvgIpc) is 2.38. The number of hydrogen-bond acceptors (Lipinski definition) is 4. The minimum Gasteiger partial charge on any atom is -0.491 e. The zero-order chi connectivity index (χ0) is 11.2. The number of anilines is 1. The van der Waals surface area contributed by atoms with E-state index in [-0.39, 0.29) is 6.61 Å². The minimum absolute atomic E-state index is 0.0468. The first kappa shape index (κ1) is 11.2.